The van der Waals surface area contributed by atoms with E-state index in [1.807, 2.05) is 47.4 Å². The normalized spacial score (nSPS) is 15.4. The number of Topliss-reactive ketones (excluding diaryl/α,β-unsaturated/α-hetero) is 1. The van der Waals surface area contributed by atoms with E-state index in [0.717, 1.165) is 16.8 Å². The number of ketones is 1. The van der Waals surface area contributed by atoms with Crippen LogP contribution in [0, 0.1) is 0 Å². The zero-order chi connectivity index (χ0) is 16.1. The van der Waals surface area contributed by atoms with E-state index < -0.39 is 0 Å². The number of amides is 1. The molecule has 0 radical (unpaired) electrons. The van der Waals surface area contributed by atoms with Crippen LogP contribution in [0.25, 0.3) is 11.1 Å². The van der Waals surface area contributed by atoms with Gasteiger partial charge in [0, 0.05) is 31.6 Å². The van der Waals surface area contributed by atoms with Gasteiger partial charge in [-0.1, -0.05) is 42.5 Å². The average molecular weight is 308 g/mol. The van der Waals surface area contributed by atoms with Crippen LogP contribution in [0.1, 0.15) is 12.8 Å². The van der Waals surface area contributed by atoms with Gasteiger partial charge in [0.1, 0.15) is 5.78 Å². The molecule has 1 amide bonds. The minimum absolute atomic E-state index is 0.0354. The third kappa shape index (κ3) is 4.27. The maximum atomic E-state index is 12.1. The van der Waals surface area contributed by atoms with Gasteiger partial charge in [-0.2, -0.15) is 0 Å². The Balaban J connectivity index is 1.56. The summed E-state index contributed by atoms with van der Waals surface area (Å²) in [5, 5.41) is 2.91. The highest BCUT2D eigenvalue weighted by atomic mass is 16.2. The number of carbonyl (C=O) groups excluding carboxylic acids is 2. The first-order chi connectivity index (χ1) is 11.2. The third-order valence-electron chi connectivity index (χ3n) is 4.06. The largest absolute Gasteiger partial charge is 0.325 e. The van der Waals surface area contributed by atoms with Gasteiger partial charge >= 0.3 is 0 Å². The van der Waals surface area contributed by atoms with Crippen LogP contribution in [0.15, 0.2) is 54.6 Å². The van der Waals surface area contributed by atoms with Crippen molar-refractivity contribution >= 4 is 17.4 Å². The van der Waals surface area contributed by atoms with E-state index in [4.69, 9.17) is 0 Å². The molecule has 0 aliphatic carbocycles. The van der Waals surface area contributed by atoms with Gasteiger partial charge in [-0.15, -0.1) is 0 Å². The summed E-state index contributed by atoms with van der Waals surface area (Å²) in [6, 6.07) is 18.0. The summed E-state index contributed by atoms with van der Waals surface area (Å²) >= 11 is 0. The molecule has 0 unspecified atom stereocenters. The zero-order valence-electron chi connectivity index (χ0n) is 13.0. The molecule has 1 fully saturated rings. The molecule has 2 aromatic rings. The number of benzene rings is 2. The second-order valence-electron chi connectivity index (χ2n) is 5.81. The number of nitrogens with one attached hydrogen (secondary N) is 1. The second-order valence-corrected chi connectivity index (χ2v) is 5.81. The van der Waals surface area contributed by atoms with Crippen molar-refractivity contribution in [1.29, 1.82) is 0 Å². The summed E-state index contributed by atoms with van der Waals surface area (Å²) in [6.07, 6.45) is 1.11. The van der Waals surface area contributed by atoms with Gasteiger partial charge in [-0.25, -0.2) is 0 Å². The van der Waals surface area contributed by atoms with Gasteiger partial charge in [0.2, 0.25) is 5.91 Å². The molecule has 0 saturated carbocycles. The lowest BCUT2D eigenvalue weighted by Gasteiger charge is -2.24. The quantitative estimate of drug-likeness (QED) is 0.944. The molecule has 4 nitrogen and oxygen atoms in total. The van der Waals surface area contributed by atoms with E-state index in [2.05, 4.69) is 17.4 Å². The fourth-order valence-corrected chi connectivity index (χ4v) is 2.74. The number of rotatable bonds is 4. The number of anilines is 1. The lowest BCUT2D eigenvalue weighted by atomic mass is 10.1. The van der Waals surface area contributed by atoms with Crippen molar-refractivity contribution in [2.75, 3.05) is 25.0 Å². The molecule has 0 spiro atoms. The minimum atomic E-state index is -0.0354. The van der Waals surface area contributed by atoms with Crippen LogP contribution in [0.3, 0.4) is 0 Å². The Hall–Kier alpha value is -2.46. The molecule has 1 saturated heterocycles. The first kappa shape index (κ1) is 15.4. The predicted molar refractivity (Wildman–Crippen MR) is 91.2 cm³/mol. The van der Waals surface area contributed by atoms with Crippen LogP contribution in [0.5, 0.6) is 0 Å². The van der Waals surface area contributed by atoms with Crippen LogP contribution in [0.2, 0.25) is 0 Å². The van der Waals surface area contributed by atoms with Crippen molar-refractivity contribution in [3.8, 4) is 11.1 Å². The molecule has 0 atom stereocenters. The summed E-state index contributed by atoms with van der Waals surface area (Å²) in [7, 11) is 0. The topological polar surface area (TPSA) is 49.4 Å². The average Bonchev–Trinajstić information content (AvgIpc) is 2.58. The molecule has 118 valence electrons. The monoisotopic (exact) mass is 308 g/mol. The Morgan fingerprint density at radius 2 is 1.52 bits per heavy atom. The predicted octanol–water partition coefficient (Wildman–Crippen LogP) is 2.96. The van der Waals surface area contributed by atoms with Crippen molar-refractivity contribution in [2.24, 2.45) is 0 Å². The van der Waals surface area contributed by atoms with Crippen LogP contribution in [0.4, 0.5) is 5.69 Å². The van der Waals surface area contributed by atoms with E-state index in [-0.39, 0.29) is 11.7 Å². The number of nitrogens with zero attached hydrogens (tertiary/aromatic N) is 1. The van der Waals surface area contributed by atoms with Crippen LogP contribution in [-0.2, 0) is 9.59 Å². The highest BCUT2D eigenvalue weighted by molar-refractivity contribution is 5.92. The van der Waals surface area contributed by atoms with E-state index in [9.17, 15) is 9.59 Å². The smallest absolute Gasteiger partial charge is 0.238 e. The number of hydrogen-bond donors (Lipinski definition) is 1. The van der Waals surface area contributed by atoms with Gasteiger partial charge in [-0.05, 0) is 23.3 Å². The SMILES string of the molecule is O=C1CCN(CC(=O)Nc2ccc(-c3ccccc3)cc2)CC1. The second kappa shape index (κ2) is 7.20. The Bertz CT molecular complexity index is 670. The highest BCUT2D eigenvalue weighted by Gasteiger charge is 2.18. The van der Waals surface area contributed by atoms with Crippen LogP contribution < -0.4 is 5.32 Å². The fraction of sp³-hybridized carbons (Fsp3) is 0.263. The number of hydrogen-bond acceptors (Lipinski definition) is 3. The van der Waals surface area contributed by atoms with Gasteiger partial charge < -0.3 is 5.32 Å². The van der Waals surface area contributed by atoms with Crippen molar-refractivity contribution in [3.63, 3.8) is 0 Å². The maximum Gasteiger partial charge on any atom is 0.238 e. The lowest BCUT2D eigenvalue weighted by molar-refractivity contribution is -0.124. The van der Waals surface area contributed by atoms with Crippen molar-refractivity contribution in [1.82, 2.24) is 4.90 Å². The van der Waals surface area contributed by atoms with Gasteiger partial charge in [0.05, 0.1) is 6.54 Å². The van der Waals surface area contributed by atoms with Crippen molar-refractivity contribution < 1.29 is 9.59 Å². The van der Waals surface area contributed by atoms with Crippen molar-refractivity contribution in [3.05, 3.63) is 54.6 Å². The number of likely N-dealkylation sites (tertiary alicyclic amines) is 1. The standard InChI is InChI=1S/C19H20N2O2/c22-18-10-12-21(13-11-18)14-19(23)20-17-8-6-16(7-9-17)15-4-2-1-3-5-15/h1-9H,10-14H2,(H,20,23). The summed E-state index contributed by atoms with van der Waals surface area (Å²) in [5.74, 6) is 0.255. The summed E-state index contributed by atoms with van der Waals surface area (Å²) in [4.78, 5) is 25.3. The summed E-state index contributed by atoms with van der Waals surface area (Å²) in [5.41, 5.74) is 3.07. The molecular formula is C19H20N2O2. The molecule has 0 aromatic heterocycles. The first-order valence-corrected chi connectivity index (χ1v) is 7.90. The molecule has 1 heterocycles. The number of piperidine rings is 1. The first-order valence-electron chi connectivity index (χ1n) is 7.90. The Kier molecular flexibility index (Phi) is 4.83. The van der Waals surface area contributed by atoms with E-state index in [1.165, 1.54) is 0 Å². The van der Waals surface area contributed by atoms with Gasteiger partial charge in [0.15, 0.2) is 0 Å². The maximum absolute atomic E-state index is 12.1. The molecule has 3 rings (SSSR count). The van der Waals surface area contributed by atoms with Crippen molar-refractivity contribution in [2.45, 2.75) is 12.8 Å². The molecule has 1 aliphatic heterocycles. The molecular weight excluding hydrogens is 288 g/mol. The molecule has 1 N–H and O–H groups in total. The summed E-state index contributed by atoms with van der Waals surface area (Å²) < 4.78 is 0. The third-order valence-corrected chi connectivity index (χ3v) is 4.06. The molecule has 1 aliphatic rings. The Labute approximate surface area is 136 Å². The summed E-state index contributed by atoms with van der Waals surface area (Å²) in [6.45, 7) is 1.70. The number of carbonyl (C=O) groups is 2. The van der Waals surface area contributed by atoms with E-state index in [0.29, 0.717) is 32.5 Å². The van der Waals surface area contributed by atoms with E-state index in [1.54, 1.807) is 0 Å². The zero-order valence-corrected chi connectivity index (χ0v) is 13.0. The fourth-order valence-electron chi connectivity index (χ4n) is 2.74. The van der Waals surface area contributed by atoms with Gasteiger partial charge in [-0.3, -0.25) is 14.5 Å². The molecule has 23 heavy (non-hydrogen) atoms. The Morgan fingerprint density at radius 1 is 0.913 bits per heavy atom. The van der Waals surface area contributed by atoms with Crippen LogP contribution in [-0.4, -0.2) is 36.2 Å². The van der Waals surface area contributed by atoms with Gasteiger partial charge in [0.25, 0.3) is 0 Å². The lowest BCUT2D eigenvalue weighted by Crippen LogP contribution is -2.39. The highest BCUT2D eigenvalue weighted by Crippen LogP contribution is 2.21. The van der Waals surface area contributed by atoms with Crippen LogP contribution >= 0.6 is 0 Å². The molecule has 0 bridgehead atoms. The molecule has 2 aromatic carbocycles. The Morgan fingerprint density at radius 3 is 2.17 bits per heavy atom. The molecule has 4 heteroatoms. The van der Waals surface area contributed by atoms with E-state index >= 15 is 0 Å². The minimum Gasteiger partial charge on any atom is -0.325 e.